The van der Waals surface area contributed by atoms with Crippen LogP contribution >= 0.6 is 0 Å². The van der Waals surface area contributed by atoms with Crippen LogP contribution in [0.1, 0.15) is 28.8 Å². The number of carbonyl (C=O) groups excluding carboxylic acids is 1. The van der Waals surface area contributed by atoms with Crippen LogP contribution in [0.3, 0.4) is 0 Å². The molecule has 0 aromatic heterocycles. The number of phenols is 1. The zero-order valence-corrected chi connectivity index (χ0v) is 9.13. The number of hydrogen-bond donors (Lipinski definition) is 1. The van der Waals surface area contributed by atoms with Crippen molar-refractivity contribution in [3.63, 3.8) is 0 Å². The van der Waals surface area contributed by atoms with Crippen molar-refractivity contribution in [1.82, 2.24) is 0 Å². The summed E-state index contributed by atoms with van der Waals surface area (Å²) in [4.78, 5) is 13.1. The van der Waals surface area contributed by atoms with Gasteiger partial charge in [-0.3, -0.25) is 4.79 Å². The second kappa shape index (κ2) is 6.94. The van der Waals surface area contributed by atoms with Gasteiger partial charge in [0.1, 0.15) is 5.75 Å². The van der Waals surface area contributed by atoms with Crippen molar-refractivity contribution in [3.8, 4) is 17.6 Å². The molecule has 0 aliphatic heterocycles. The molecule has 86 valence electrons. The van der Waals surface area contributed by atoms with Gasteiger partial charge < -0.3 is 5.11 Å². The molecular weight excluding hydrogens is 218 g/mol. The van der Waals surface area contributed by atoms with Crippen LogP contribution in [0.2, 0.25) is 0 Å². The van der Waals surface area contributed by atoms with Gasteiger partial charge in [0.2, 0.25) is 0 Å². The maximum absolute atomic E-state index is 10.5. The molecule has 5 nitrogen and oxygen atoms in total. The Bertz CT molecular complexity index is 508. The number of unbranched alkanes of at least 4 members (excludes halogenated alkanes) is 1. The van der Waals surface area contributed by atoms with Crippen LogP contribution < -0.4 is 0 Å². The van der Waals surface area contributed by atoms with Crippen molar-refractivity contribution in [2.45, 2.75) is 12.8 Å². The van der Waals surface area contributed by atoms with E-state index in [1.54, 1.807) is 6.07 Å². The van der Waals surface area contributed by atoms with Crippen LogP contribution in [0, 0.1) is 11.8 Å². The Balaban J connectivity index is 2.57. The number of hydrogen-bond acceptors (Lipinski definition) is 3. The highest BCUT2D eigenvalue weighted by molar-refractivity contribution is 5.79. The van der Waals surface area contributed by atoms with Crippen molar-refractivity contribution in [2.24, 2.45) is 5.11 Å². The predicted octanol–water partition coefficient (Wildman–Crippen LogP) is 2.65. The molecule has 0 atom stereocenters. The van der Waals surface area contributed by atoms with Gasteiger partial charge in [0.25, 0.3) is 0 Å². The molecule has 5 heteroatoms. The lowest BCUT2D eigenvalue weighted by molar-refractivity contribution is 0.112. The van der Waals surface area contributed by atoms with E-state index in [-0.39, 0.29) is 11.3 Å². The van der Waals surface area contributed by atoms with Crippen molar-refractivity contribution >= 4 is 6.29 Å². The van der Waals surface area contributed by atoms with Crippen LogP contribution in [0.4, 0.5) is 0 Å². The molecule has 0 heterocycles. The van der Waals surface area contributed by atoms with E-state index in [2.05, 4.69) is 21.9 Å². The van der Waals surface area contributed by atoms with Crippen LogP contribution in [0.5, 0.6) is 5.75 Å². The number of aldehydes is 1. The first kappa shape index (κ1) is 12.6. The van der Waals surface area contributed by atoms with Crippen molar-refractivity contribution < 1.29 is 9.90 Å². The van der Waals surface area contributed by atoms with E-state index in [9.17, 15) is 9.90 Å². The molecule has 0 aliphatic carbocycles. The number of benzene rings is 1. The van der Waals surface area contributed by atoms with Gasteiger partial charge in [-0.25, -0.2) is 0 Å². The first-order valence-electron chi connectivity index (χ1n) is 5.06. The average molecular weight is 229 g/mol. The molecule has 1 aromatic rings. The fourth-order valence-electron chi connectivity index (χ4n) is 1.17. The second-order valence-electron chi connectivity index (χ2n) is 3.25. The van der Waals surface area contributed by atoms with E-state index in [1.165, 1.54) is 12.1 Å². The van der Waals surface area contributed by atoms with E-state index >= 15 is 0 Å². The van der Waals surface area contributed by atoms with E-state index in [0.29, 0.717) is 31.2 Å². The summed E-state index contributed by atoms with van der Waals surface area (Å²) in [5.74, 6) is 5.68. The molecule has 0 spiro atoms. The zero-order chi connectivity index (χ0) is 12.5. The zero-order valence-electron chi connectivity index (χ0n) is 9.13. The fraction of sp³-hybridized carbons (Fsp3) is 0.250. The fourth-order valence-corrected chi connectivity index (χ4v) is 1.17. The summed E-state index contributed by atoms with van der Waals surface area (Å²) in [6, 6.07) is 4.64. The molecule has 0 fully saturated rings. The molecule has 17 heavy (non-hydrogen) atoms. The summed E-state index contributed by atoms with van der Waals surface area (Å²) >= 11 is 0. The van der Waals surface area contributed by atoms with Crippen molar-refractivity contribution in [3.05, 3.63) is 39.8 Å². The molecule has 1 N–H and O–H groups in total. The normalized spacial score (nSPS) is 8.71. The number of rotatable bonds is 4. The summed E-state index contributed by atoms with van der Waals surface area (Å²) in [5.41, 5.74) is 8.95. The van der Waals surface area contributed by atoms with Crippen LogP contribution in [-0.4, -0.2) is 17.9 Å². The van der Waals surface area contributed by atoms with Gasteiger partial charge in [0, 0.05) is 23.4 Å². The average Bonchev–Trinajstić information content (AvgIpc) is 2.34. The number of azide groups is 1. The molecule has 1 rings (SSSR count). The van der Waals surface area contributed by atoms with Crippen LogP contribution in [-0.2, 0) is 0 Å². The second-order valence-corrected chi connectivity index (χ2v) is 3.25. The molecule has 0 amide bonds. The lowest BCUT2D eigenvalue weighted by Crippen LogP contribution is -1.83. The molecule has 1 aromatic carbocycles. The Morgan fingerprint density at radius 2 is 2.35 bits per heavy atom. The van der Waals surface area contributed by atoms with Crippen molar-refractivity contribution in [2.75, 3.05) is 6.54 Å². The summed E-state index contributed by atoms with van der Waals surface area (Å²) in [5, 5.41) is 12.8. The predicted molar refractivity (Wildman–Crippen MR) is 63.6 cm³/mol. The SMILES string of the molecule is [N-]=[N+]=NCCCC#Cc1ccc(C=O)c(O)c1. The number of aromatic hydroxyl groups is 1. The molecule has 0 unspecified atom stereocenters. The van der Waals surface area contributed by atoms with Crippen LogP contribution in [0.25, 0.3) is 10.4 Å². The Morgan fingerprint density at radius 3 is 3.00 bits per heavy atom. The lowest BCUT2D eigenvalue weighted by Gasteiger charge is -1.96. The highest BCUT2D eigenvalue weighted by Crippen LogP contribution is 2.16. The third-order valence-electron chi connectivity index (χ3n) is 2.01. The Morgan fingerprint density at radius 1 is 1.53 bits per heavy atom. The maximum Gasteiger partial charge on any atom is 0.153 e. The maximum atomic E-state index is 10.5. The van der Waals surface area contributed by atoms with E-state index < -0.39 is 0 Å². The lowest BCUT2D eigenvalue weighted by atomic mass is 10.1. The summed E-state index contributed by atoms with van der Waals surface area (Å²) in [6.45, 7) is 0.431. The smallest absolute Gasteiger partial charge is 0.153 e. The standard InChI is InChI=1S/C12H11N3O2/c13-15-14-7-3-1-2-4-10-5-6-11(9-16)12(17)8-10/h5-6,8-9,17H,1,3,7H2. The largest absolute Gasteiger partial charge is 0.507 e. The summed E-state index contributed by atoms with van der Waals surface area (Å²) < 4.78 is 0. The third-order valence-corrected chi connectivity index (χ3v) is 2.01. The van der Waals surface area contributed by atoms with Crippen molar-refractivity contribution in [1.29, 1.82) is 0 Å². The minimum Gasteiger partial charge on any atom is -0.507 e. The first-order chi connectivity index (χ1) is 8.27. The van der Waals surface area contributed by atoms with Gasteiger partial charge in [-0.15, -0.1) is 0 Å². The minimum atomic E-state index is -0.0686. The van der Waals surface area contributed by atoms with Gasteiger partial charge in [-0.05, 0) is 30.2 Å². The van der Waals surface area contributed by atoms with E-state index in [0.717, 1.165) is 0 Å². The Hall–Kier alpha value is -2.44. The molecular formula is C12H11N3O2. The Kier molecular flexibility index (Phi) is 5.15. The minimum absolute atomic E-state index is 0.0686. The summed E-state index contributed by atoms with van der Waals surface area (Å²) in [7, 11) is 0. The monoisotopic (exact) mass is 229 g/mol. The van der Waals surface area contributed by atoms with Gasteiger partial charge in [0.15, 0.2) is 6.29 Å². The van der Waals surface area contributed by atoms with E-state index in [4.69, 9.17) is 5.53 Å². The number of carbonyl (C=O) groups is 1. The molecule has 0 saturated carbocycles. The quantitative estimate of drug-likeness (QED) is 0.215. The molecule has 0 aliphatic rings. The van der Waals surface area contributed by atoms with Crippen LogP contribution in [0.15, 0.2) is 23.3 Å². The Labute approximate surface area is 98.7 Å². The molecule has 0 bridgehead atoms. The van der Waals surface area contributed by atoms with Gasteiger partial charge >= 0.3 is 0 Å². The third kappa shape index (κ3) is 4.29. The number of phenolic OH excluding ortho intramolecular Hbond substituents is 1. The highest BCUT2D eigenvalue weighted by Gasteiger charge is 1.98. The topological polar surface area (TPSA) is 86.1 Å². The highest BCUT2D eigenvalue weighted by atomic mass is 16.3. The summed E-state index contributed by atoms with van der Waals surface area (Å²) in [6.07, 6.45) is 1.91. The number of nitrogens with zero attached hydrogens (tertiary/aromatic N) is 3. The van der Waals surface area contributed by atoms with Gasteiger partial charge in [-0.1, -0.05) is 17.0 Å². The van der Waals surface area contributed by atoms with Gasteiger partial charge in [0.05, 0.1) is 5.56 Å². The molecule has 0 saturated heterocycles. The van der Waals surface area contributed by atoms with E-state index in [1.807, 2.05) is 0 Å². The molecule has 0 radical (unpaired) electrons. The first-order valence-corrected chi connectivity index (χ1v) is 5.06. The van der Waals surface area contributed by atoms with Gasteiger partial charge in [-0.2, -0.15) is 0 Å².